The van der Waals surface area contributed by atoms with Crippen LogP contribution in [0.4, 0.5) is 4.39 Å². The molecule has 82 valence electrons. The Kier molecular flexibility index (Phi) is 3.32. The number of thioether (sulfide) groups is 1. The van der Waals surface area contributed by atoms with Gasteiger partial charge in [0.15, 0.2) is 0 Å². The number of hydrogen-bond donors (Lipinski definition) is 1. The molecule has 0 aromatic heterocycles. The van der Waals surface area contributed by atoms with Crippen LogP contribution in [0.2, 0.25) is 0 Å². The fourth-order valence-corrected chi connectivity index (χ4v) is 3.09. The Hall–Kier alpha value is -0.540. The Labute approximate surface area is 93.7 Å². The molecule has 1 N–H and O–H groups in total. The first-order chi connectivity index (χ1) is 7.20. The summed E-state index contributed by atoms with van der Waals surface area (Å²) in [5.74, 6) is 1.63. The van der Waals surface area contributed by atoms with Gasteiger partial charge in [0.2, 0.25) is 0 Å². The van der Waals surface area contributed by atoms with E-state index in [1.54, 1.807) is 23.9 Å². The highest BCUT2D eigenvalue weighted by Crippen LogP contribution is 2.30. The zero-order valence-corrected chi connectivity index (χ0v) is 9.39. The van der Waals surface area contributed by atoms with Gasteiger partial charge in [-0.1, -0.05) is 18.2 Å². The second kappa shape index (κ2) is 4.54. The second-order valence-electron chi connectivity index (χ2n) is 4.15. The molecule has 0 spiro atoms. The van der Waals surface area contributed by atoms with Crippen molar-refractivity contribution < 1.29 is 9.50 Å². The summed E-state index contributed by atoms with van der Waals surface area (Å²) in [6.07, 6.45) is 2.25. The summed E-state index contributed by atoms with van der Waals surface area (Å²) >= 11 is 1.75. The number of benzene rings is 1. The first-order valence-corrected chi connectivity index (χ1v) is 6.39. The Morgan fingerprint density at radius 3 is 2.87 bits per heavy atom. The molecule has 1 aliphatic heterocycles. The smallest absolute Gasteiger partial charge is 0.126 e. The SMILES string of the molecule is OC1(Cc2ccccc2F)CCCSC1. The van der Waals surface area contributed by atoms with E-state index < -0.39 is 5.60 Å². The highest BCUT2D eigenvalue weighted by molar-refractivity contribution is 7.99. The maximum atomic E-state index is 13.4. The van der Waals surface area contributed by atoms with E-state index in [0.29, 0.717) is 12.0 Å². The molecule has 0 amide bonds. The van der Waals surface area contributed by atoms with Crippen molar-refractivity contribution in [1.82, 2.24) is 0 Å². The van der Waals surface area contributed by atoms with Crippen molar-refractivity contribution in [3.8, 4) is 0 Å². The predicted octanol–water partition coefficient (Wildman–Crippen LogP) is 2.63. The van der Waals surface area contributed by atoms with Crippen molar-refractivity contribution in [3.05, 3.63) is 35.6 Å². The molecule has 1 saturated heterocycles. The highest BCUT2D eigenvalue weighted by Gasteiger charge is 2.30. The lowest BCUT2D eigenvalue weighted by molar-refractivity contribution is 0.0521. The van der Waals surface area contributed by atoms with Crippen LogP contribution in [0.3, 0.4) is 0 Å². The summed E-state index contributed by atoms with van der Waals surface area (Å²) in [5.41, 5.74) is -0.0759. The van der Waals surface area contributed by atoms with Crippen molar-refractivity contribution in [2.75, 3.05) is 11.5 Å². The standard InChI is InChI=1S/C12H15FOS/c13-11-5-2-1-4-10(11)8-12(14)6-3-7-15-9-12/h1-2,4-5,14H,3,6-9H2. The van der Waals surface area contributed by atoms with Crippen LogP contribution in [-0.4, -0.2) is 22.2 Å². The van der Waals surface area contributed by atoms with Gasteiger partial charge in [0, 0.05) is 12.2 Å². The Morgan fingerprint density at radius 2 is 2.20 bits per heavy atom. The Bertz CT molecular complexity index is 334. The quantitative estimate of drug-likeness (QED) is 0.836. The zero-order chi connectivity index (χ0) is 10.7. The van der Waals surface area contributed by atoms with Crippen LogP contribution in [0.15, 0.2) is 24.3 Å². The summed E-state index contributed by atoms with van der Waals surface area (Å²) in [7, 11) is 0. The highest BCUT2D eigenvalue weighted by atomic mass is 32.2. The van der Waals surface area contributed by atoms with E-state index in [2.05, 4.69) is 0 Å². The maximum absolute atomic E-state index is 13.4. The summed E-state index contributed by atoms with van der Waals surface area (Å²) in [6.45, 7) is 0. The lowest BCUT2D eigenvalue weighted by Gasteiger charge is -2.31. The number of hydrogen-bond acceptors (Lipinski definition) is 2. The minimum Gasteiger partial charge on any atom is -0.389 e. The third-order valence-corrected chi connectivity index (χ3v) is 4.10. The van der Waals surface area contributed by atoms with Crippen LogP contribution >= 0.6 is 11.8 Å². The molecule has 1 aromatic rings. The average molecular weight is 226 g/mol. The molecule has 1 aromatic carbocycles. The van der Waals surface area contributed by atoms with Gasteiger partial charge in [0.25, 0.3) is 0 Å². The van der Waals surface area contributed by atoms with Crippen molar-refractivity contribution in [2.24, 2.45) is 0 Å². The van der Waals surface area contributed by atoms with Crippen molar-refractivity contribution in [1.29, 1.82) is 0 Å². The van der Waals surface area contributed by atoms with Gasteiger partial charge >= 0.3 is 0 Å². The van der Waals surface area contributed by atoms with E-state index in [1.807, 2.05) is 6.07 Å². The molecule has 0 radical (unpaired) electrons. The molecule has 2 rings (SSSR count). The molecule has 1 fully saturated rings. The maximum Gasteiger partial charge on any atom is 0.126 e. The minimum atomic E-state index is -0.703. The molecule has 1 aliphatic rings. The Morgan fingerprint density at radius 1 is 1.40 bits per heavy atom. The molecule has 0 aliphatic carbocycles. The van der Waals surface area contributed by atoms with E-state index in [4.69, 9.17) is 0 Å². The Balaban J connectivity index is 2.10. The van der Waals surface area contributed by atoms with Gasteiger partial charge < -0.3 is 5.11 Å². The van der Waals surface area contributed by atoms with Crippen molar-refractivity contribution in [2.45, 2.75) is 24.9 Å². The molecule has 0 saturated carbocycles. The molecule has 1 atom stereocenters. The summed E-state index contributed by atoms with van der Waals surface area (Å²) in [6, 6.07) is 6.71. The topological polar surface area (TPSA) is 20.2 Å². The fourth-order valence-electron chi connectivity index (χ4n) is 1.97. The average Bonchev–Trinajstić information content (AvgIpc) is 2.22. The largest absolute Gasteiger partial charge is 0.389 e. The number of rotatable bonds is 2. The second-order valence-corrected chi connectivity index (χ2v) is 5.25. The number of aliphatic hydroxyl groups is 1. The van der Waals surface area contributed by atoms with E-state index in [-0.39, 0.29) is 5.82 Å². The number of halogens is 1. The third-order valence-electron chi connectivity index (χ3n) is 2.78. The van der Waals surface area contributed by atoms with Gasteiger partial charge in [0.1, 0.15) is 5.82 Å². The van der Waals surface area contributed by atoms with Crippen LogP contribution in [0.5, 0.6) is 0 Å². The van der Waals surface area contributed by atoms with E-state index in [1.165, 1.54) is 6.07 Å². The van der Waals surface area contributed by atoms with E-state index in [9.17, 15) is 9.50 Å². The van der Waals surface area contributed by atoms with Gasteiger partial charge in [-0.2, -0.15) is 11.8 Å². The van der Waals surface area contributed by atoms with Gasteiger partial charge in [-0.25, -0.2) is 4.39 Å². The van der Waals surface area contributed by atoms with Gasteiger partial charge in [0.05, 0.1) is 5.60 Å². The summed E-state index contributed by atoms with van der Waals surface area (Å²) in [4.78, 5) is 0. The van der Waals surface area contributed by atoms with Crippen LogP contribution in [0.25, 0.3) is 0 Å². The van der Waals surface area contributed by atoms with Crippen LogP contribution in [0.1, 0.15) is 18.4 Å². The fraction of sp³-hybridized carbons (Fsp3) is 0.500. The lowest BCUT2D eigenvalue weighted by atomic mass is 9.91. The van der Waals surface area contributed by atoms with Crippen molar-refractivity contribution >= 4 is 11.8 Å². The summed E-state index contributed by atoms with van der Waals surface area (Å²) in [5, 5.41) is 10.3. The van der Waals surface area contributed by atoms with Gasteiger partial charge in [-0.15, -0.1) is 0 Å². The van der Waals surface area contributed by atoms with E-state index in [0.717, 1.165) is 24.3 Å². The normalized spacial score (nSPS) is 26.5. The molecule has 15 heavy (non-hydrogen) atoms. The summed E-state index contributed by atoms with van der Waals surface area (Å²) < 4.78 is 13.4. The zero-order valence-electron chi connectivity index (χ0n) is 8.58. The molecule has 3 heteroatoms. The van der Waals surface area contributed by atoms with Crippen LogP contribution in [0, 0.1) is 5.82 Å². The molecule has 0 bridgehead atoms. The molecule has 1 unspecified atom stereocenters. The predicted molar refractivity (Wildman–Crippen MR) is 61.6 cm³/mol. The van der Waals surface area contributed by atoms with Crippen molar-refractivity contribution in [3.63, 3.8) is 0 Å². The monoisotopic (exact) mass is 226 g/mol. The molecule has 1 nitrogen and oxygen atoms in total. The van der Waals surface area contributed by atoms with Gasteiger partial charge in [-0.05, 0) is 30.2 Å². The first kappa shape index (κ1) is 11.0. The van der Waals surface area contributed by atoms with Crippen LogP contribution < -0.4 is 0 Å². The third kappa shape index (κ3) is 2.73. The molecular formula is C12H15FOS. The lowest BCUT2D eigenvalue weighted by Crippen LogP contribution is -2.37. The molecular weight excluding hydrogens is 211 g/mol. The first-order valence-electron chi connectivity index (χ1n) is 5.23. The molecule has 1 heterocycles. The van der Waals surface area contributed by atoms with Gasteiger partial charge in [-0.3, -0.25) is 0 Å². The van der Waals surface area contributed by atoms with E-state index >= 15 is 0 Å². The van der Waals surface area contributed by atoms with Crippen LogP contribution in [-0.2, 0) is 6.42 Å². The minimum absolute atomic E-state index is 0.207.